The van der Waals surface area contributed by atoms with Gasteiger partial charge in [0, 0.05) is 59.5 Å². The molecular weight excluding hydrogens is 506 g/mol. The Labute approximate surface area is 237 Å². The summed E-state index contributed by atoms with van der Waals surface area (Å²) in [6, 6.07) is 21.7. The molecule has 40 heavy (non-hydrogen) atoms. The van der Waals surface area contributed by atoms with Crippen LogP contribution >= 0.6 is 0 Å². The average molecular weight is 543 g/mol. The molecule has 206 valence electrons. The number of aliphatic imine (C=N–C) groups is 1. The van der Waals surface area contributed by atoms with Gasteiger partial charge in [0.2, 0.25) is 5.91 Å². The van der Waals surface area contributed by atoms with Crippen molar-refractivity contribution in [3.63, 3.8) is 0 Å². The lowest BCUT2D eigenvalue weighted by Crippen LogP contribution is -2.48. The number of carbonyl (C=O) groups is 2. The maximum Gasteiger partial charge on any atom is 0.337 e. The molecule has 3 aromatic carbocycles. The highest BCUT2D eigenvalue weighted by atomic mass is 16.5. The molecule has 0 aliphatic carbocycles. The highest BCUT2D eigenvalue weighted by Gasteiger charge is 2.21. The molecule has 4 aromatic rings. The Balaban J connectivity index is 1.38. The van der Waals surface area contributed by atoms with Gasteiger partial charge in [-0.3, -0.25) is 9.69 Å². The minimum absolute atomic E-state index is 0.0822. The van der Waals surface area contributed by atoms with E-state index in [1.165, 1.54) is 12.0 Å². The molecule has 0 saturated carbocycles. The number of benzene rings is 3. The molecule has 1 saturated heterocycles. The van der Waals surface area contributed by atoms with E-state index in [9.17, 15) is 14.7 Å². The predicted molar refractivity (Wildman–Crippen MR) is 157 cm³/mol. The second-order valence-corrected chi connectivity index (χ2v) is 9.66. The van der Waals surface area contributed by atoms with Crippen LogP contribution < -0.4 is 4.90 Å². The second-order valence-electron chi connectivity index (χ2n) is 9.66. The molecule has 2 N–H and O–H groups in total. The third-order valence-corrected chi connectivity index (χ3v) is 7.07. The molecule has 1 aliphatic heterocycles. The van der Waals surface area contributed by atoms with Gasteiger partial charge in [-0.2, -0.15) is 0 Å². The van der Waals surface area contributed by atoms with Gasteiger partial charge in [-0.15, -0.1) is 0 Å². The molecule has 0 radical (unpaired) electrons. The first kappa shape index (κ1) is 23.4. The number of hydrogen-bond acceptors (Lipinski definition) is 7. The first-order valence-corrected chi connectivity index (χ1v) is 13.0. The summed E-state index contributed by atoms with van der Waals surface area (Å²) >= 11 is 0. The first-order chi connectivity index (χ1) is 20.5. The van der Waals surface area contributed by atoms with Crippen LogP contribution in [0.3, 0.4) is 0 Å². The van der Waals surface area contributed by atoms with Crippen LogP contribution in [-0.2, 0) is 9.53 Å². The van der Waals surface area contributed by atoms with E-state index in [2.05, 4.69) is 4.98 Å². The zero-order chi connectivity index (χ0) is 30.7. The molecule has 1 aromatic heterocycles. The Morgan fingerprint density at radius 2 is 1.75 bits per heavy atom. The van der Waals surface area contributed by atoms with Crippen LogP contribution in [0.2, 0.25) is 0 Å². The summed E-state index contributed by atoms with van der Waals surface area (Å²) in [4.78, 5) is 37.9. The van der Waals surface area contributed by atoms with Crippen molar-refractivity contribution >= 4 is 39.9 Å². The Morgan fingerprint density at radius 1 is 1.02 bits per heavy atom. The zero-order valence-electron chi connectivity index (χ0n) is 25.4. The van der Waals surface area contributed by atoms with E-state index in [-0.39, 0.29) is 18.3 Å². The molecule has 9 heteroatoms. The van der Waals surface area contributed by atoms with Crippen molar-refractivity contribution in [3.05, 3.63) is 89.5 Å². The number of esters is 1. The topological polar surface area (TPSA) is 101 Å². The highest BCUT2D eigenvalue weighted by Crippen LogP contribution is 2.32. The van der Waals surface area contributed by atoms with Crippen molar-refractivity contribution in [3.8, 4) is 5.88 Å². The van der Waals surface area contributed by atoms with Gasteiger partial charge in [0.1, 0.15) is 0 Å². The summed E-state index contributed by atoms with van der Waals surface area (Å²) in [6.45, 7) is -0.110. The number of nitrogens with one attached hydrogen (secondary N) is 1. The number of ether oxygens (including phenoxy) is 1. The van der Waals surface area contributed by atoms with E-state index in [1.54, 1.807) is 42.3 Å². The van der Waals surface area contributed by atoms with Crippen LogP contribution in [0.4, 0.5) is 11.4 Å². The molecule has 1 amide bonds. The fraction of sp³-hybridized carbons (Fsp3) is 0.258. The van der Waals surface area contributed by atoms with Crippen LogP contribution in [-0.4, -0.2) is 91.3 Å². The van der Waals surface area contributed by atoms with Crippen molar-refractivity contribution in [1.82, 2.24) is 14.8 Å². The molecule has 1 fully saturated rings. The molecule has 0 unspecified atom stereocenters. The van der Waals surface area contributed by atoms with Gasteiger partial charge in [0.25, 0.3) is 0 Å². The van der Waals surface area contributed by atoms with Crippen LogP contribution in [0.5, 0.6) is 5.88 Å². The average Bonchev–Trinajstić information content (AvgIpc) is 3.34. The van der Waals surface area contributed by atoms with Gasteiger partial charge in [0.15, 0.2) is 5.88 Å². The lowest BCUT2D eigenvalue weighted by Gasteiger charge is -2.32. The number of anilines is 1. The van der Waals surface area contributed by atoms with E-state index in [4.69, 9.17) is 13.8 Å². The maximum atomic E-state index is 13.0. The monoisotopic (exact) mass is 542 g/mol. The third kappa shape index (κ3) is 5.75. The van der Waals surface area contributed by atoms with Gasteiger partial charge < -0.3 is 24.6 Å². The molecule has 1 aliphatic rings. The summed E-state index contributed by atoms with van der Waals surface area (Å²) in [6.07, 6.45) is 0. The number of amides is 1. The number of piperazine rings is 1. The number of aromatic amines is 1. The first-order valence-electron chi connectivity index (χ1n) is 14.5. The number of nitrogens with zero attached hydrogens (tertiary/aromatic N) is 4. The summed E-state index contributed by atoms with van der Waals surface area (Å²) in [5.74, 6) is -0.658. The minimum Gasteiger partial charge on any atom is -0.494 e. The number of methoxy groups -OCH3 is 1. The van der Waals surface area contributed by atoms with Crippen molar-refractivity contribution in [2.75, 3.05) is 58.8 Å². The Bertz CT molecular complexity index is 1640. The number of rotatable bonds is 7. The van der Waals surface area contributed by atoms with Crippen LogP contribution in [0, 0.1) is 0 Å². The predicted octanol–water partition coefficient (Wildman–Crippen LogP) is 4.04. The normalized spacial score (nSPS) is 16.2. The Kier molecular flexibility index (Phi) is 6.87. The SMILES string of the molecule is [2H]C([2H])([2H])N1CCN(CC(=O)N(C)c2ccc(N=C(c3ccccc3)c3c(O)[nH]c4cc(C(=O)OC)ccc34)cc2)CC1. The van der Waals surface area contributed by atoms with E-state index in [0.29, 0.717) is 65.3 Å². The standard InChI is InChI=1S/C31H33N5O4/c1-34-15-17-36(18-16-34)20-27(37)35(2)24-12-10-23(11-13-24)32-29(21-7-5-4-6-8-21)28-25-14-9-22(31(39)40-3)19-26(25)33-30(28)38/h4-14,19,33,38H,15-18,20H2,1-3H3/i1D3. The molecule has 0 atom stereocenters. The summed E-state index contributed by atoms with van der Waals surface area (Å²) in [5.41, 5.74) is 4.03. The molecule has 9 nitrogen and oxygen atoms in total. The number of hydrogen-bond donors (Lipinski definition) is 2. The van der Waals surface area contributed by atoms with Gasteiger partial charge in [-0.25, -0.2) is 9.79 Å². The quantitative estimate of drug-likeness (QED) is 0.270. The minimum atomic E-state index is -2.11. The van der Waals surface area contributed by atoms with E-state index in [0.717, 1.165) is 5.56 Å². The van der Waals surface area contributed by atoms with E-state index < -0.39 is 12.9 Å². The molecule has 0 bridgehead atoms. The fourth-order valence-electron chi connectivity index (χ4n) is 4.76. The van der Waals surface area contributed by atoms with Gasteiger partial charge in [-0.05, 0) is 43.4 Å². The number of fused-ring (bicyclic) bond motifs is 1. The summed E-state index contributed by atoms with van der Waals surface area (Å²) in [5, 5.41) is 11.7. The van der Waals surface area contributed by atoms with E-state index in [1.807, 2.05) is 47.4 Å². The molecular formula is C31H33N5O4. The zero-order valence-corrected chi connectivity index (χ0v) is 22.4. The van der Waals surface area contributed by atoms with Crippen molar-refractivity contribution in [2.45, 2.75) is 0 Å². The van der Waals surface area contributed by atoms with Gasteiger partial charge in [-0.1, -0.05) is 36.4 Å². The van der Waals surface area contributed by atoms with Crippen LogP contribution in [0.1, 0.15) is 25.6 Å². The van der Waals surface area contributed by atoms with Gasteiger partial charge >= 0.3 is 5.97 Å². The lowest BCUT2D eigenvalue weighted by molar-refractivity contribution is -0.119. The van der Waals surface area contributed by atoms with Crippen molar-refractivity contribution < 1.29 is 23.5 Å². The largest absolute Gasteiger partial charge is 0.494 e. The Hall–Kier alpha value is -4.47. The number of likely N-dealkylation sites (N-methyl/N-ethyl adjacent to an activating group) is 2. The molecule has 2 heterocycles. The summed E-state index contributed by atoms with van der Waals surface area (Å²) < 4.78 is 27.5. The lowest BCUT2D eigenvalue weighted by atomic mass is 10.00. The second kappa shape index (κ2) is 11.7. The van der Waals surface area contributed by atoms with Crippen molar-refractivity contribution in [2.24, 2.45) is 4.99 Å². The van der Waals surface area contributed by atoms with Crippen LogP contribution in [0.15, 0.2) is 77.8 Å². The number of aromatic hydroxyl groups is 1. The fourth-order valence-corrected chi connectivity index (χ4v) is 4.76. The number of H-pyrrole nitrogens is 1. The summed E-state index contributed by atoms with van der Waals surface area (Å²) in [7, 11) is 3.02. The molecule has 0 spiro atoms. The number of aromatic nitrogens is 1. The molecule has 5 rings (SSSR count). The Morgan fingerprint density at radius 3 is 2.42 bits per heavy atom. The number of carbonyl (C=O) groups excluding carboxylic acids is 2. The smallest absolute Gasteiger partial charge is 0.337 e. The van der Waals surface area contributed by atoms with Crippen LogP contribution in [0.25, 0.3) is 10.9 Å². The maximum absolute atomic E-state index is 13.0. The van der Waals surface area contributed by atoms with E-state index >= 15 is 0 Å². The highest BCUT2D eigenvalue weighted by molar-refractivity contribution is 6.22. The third-order valence-electron chi connectivity index (χ3n) is 7.07. The van der Waals surface area contributed by atoms with Gasteiger partial charge in [0.05, 0.1) is 36.2 Å². The van der Waals surface area contributed by atoms with Crippen molar-refractivity contribution in [1.29, 1.82) is 0 Å².